The Kier molecular flexibility index (Phi) is 5.64. The van der Waals surface area contributed by atoms with Gasteiger partial charge in [0.1, 0.15) is 5.75 Å². The van der Waals surface area contributed by atoms with Crippen molar-refractivity contribution in [2.24, 2.45) is 0 Å². The Morgan fingerprint density at radius 2 is 1.74 bits per heavy atom. The van der Waals surface area contributed by atoms with Crippen molar-refractivity contribution < 1.29 is 14.3 Å². The monoisotopic (exact) mass is 351 g/mol. The van der Waals surface area contributed by atoms with Gasteiger partial charge < -0.3 is 10.1 Å². The lowest BCUT2D eigenvalue weighted by Crippen LogP contribution is -2.30. The van der Waals surface area contributed by atoms with Crippen LogP contribution in [0.3, 0.4) is 0 Å². The molecule has 0 aliphatic carbocycles. The number of nitrogens with one attached hydrogen (secondary N) is 1. The van der Waals surface area contributed by atoms with Gasteiger partial charge in [-0.15, -0.1) is 0 Å². The number of carbonyl (C=O) groups excluding carboxylic acids is 2. The molecule has 0 saturated carbocycles. The van der Waals surface area contributed by atoms with Gasteiger partial charge in [0.2, 0.25) is 0 Å². The van der Waals surface area contributed by atoms with Crippen molar-refractivity contribution in [2.45, 2.75) is 20.0 Å². The van der Waals surface area contributed by atoms with Crippen molar-refractivity contribution in [1.29, 1.82) is 0 Å². The van der Waals surface area contributed by atoms with Crippen LogP contribution in [-0.4, -0.2) is 17.8 Å². The summed E-state index contributed by atoms with van der Waals surface area (Å²) in [4.78, 5) is 23.4. The van der Waals surface area contributed by atoms with Crippen LogP contribution < -0.4 is 10.1 Å². The van der Waals surface area contributed by atoms with E-state index in [9.17, 15) is 9.59 Å². The molecule has 2 aromatic carbocycles. The zero-order valence-corrected chi connectivity index (χ0v) is 14.1. The summed E-state index contributed by atoms with van der Waals surface area (Å²) < 4.78 is 5.54. The maximum Gasteiger partial charge on any atom is 0.265 e. The van der Waals surface area contributed by atoms with Gasteiger partial charge in [0.05, 0.1) is 5.02 Å². The van der Waals surface area contributed by atoms with Gasteiger partial charge in [0, 0.05) is 22.3 Å². The highest BCUT2D eigenvalue weighted by Gasteiger charge is 2.16. The Morgan fingerprint density at radius 1 is 1.09 bits per heavy atom. The largest absolute Gasteiger partial charge is 0.479 e. The lowest BCUT2D eigenvalue weighted by molar-refractivity contribution is -0.122. The van der Waals surface area contributed by atoms with Crippen LogP contribution in [0.4, 0.5) is 5.69 Å². The third kappa shape index (κ3) is 4.71. The molecule has 2 rings (SSSR count). The zero-order chi connectivity index (χ0) is 17.0. The standard InChI is InChI=1S/C17H15Cl2NO3/c1-10(21)12-3-6-14(7-4-12)20-17(22)11(2)23-16-9-13(18)5-8-15(16)19/h3-9,11H,1-2H3,(H,20,22)/t11-/m1/s1. The molecule has 0 aromatic heterocycles. The summed E-state index contributed by atoms with van der Waals surface area (Å²) in [5, 5.41) is 3.56. The van der Waals surface area contributed by atoms with Gasteiger partial charge in [-0.25, -0.2) is 0 Å². The number of ketones is 1. The summed E-state index contributed by atoms with van der Waals surface area (Å²) in [5.74, 6) is -0.0273. The summed E-state index contributed by atoms with van der Waals surface area (Å²) >= 11 is 11.9. The SMILES string of the molecule is CC(=O)c1ccc(NC(=O)[C@@H](C)Oc2cc(Cl)ccc2Cl)cc1. The van der Waals surface area contributed by atoms with Gasteiger partial charge >= 0.3 is 0 Å². The highest BCUT2D eigenvalue weighted by molar-refractivity contribution is 6.34. The molecule has 1 atom stereocenters. The number of anilines is 1. The second-order valence-electron chi connectivity index (χ2n) is 4.96. The fraction of sp³-hybridized carbons (Fsp3) is 0.176. The fourth-order valence-corrected chi connectivity index (χ4v) is 2.17. The molecule has 0 saturated heterocycles. The highest BCUT2D eigenvalue weighted by atomic mass is 35.5. The van der Waals surface area contributed by atoms with E-state index in [1.165, 1.54) is 6.92 Å². The highest BCUT2D eigenvalue weighted by Crippen LogP contribution is 2.28. The fourth-order valence-electron chi connectivity index (χ4n) is 1.84. The number of benzene rings is 2. The number of halogens is 2. The Hall–Kier alpha value is -2.04. The molecule has 0 spiro atoms. The van der Waals surface area contributed by atoms with Crippen LogP contribution in [0, 0.1) is 0 Å². The Balaban J connectivity index is 2.02. The average molecular weight is 352 g/mol. The molecule has 1 amide bonds. The summed E-state index contributed by atoms with van der Waals surface area (Å²) in [6.07, 6.45) is -0.765. The molecule has 1 N–H and O–H groups in total. The first-order valence-electron chi connectivity index (χ1n) is 6.90. The van der Waals surface area contributed by atoms with E-state index in [-0.39, 0.29) is 11.7 Å². The minimum Gasteiger partial charge on any atom is -0.479 e. The average Bonchev–Trinajstić information content (AvgIpc) is 2.51. The maximum absolute atomic E-state index is 12.2. The van der Waals surface area contributed by atoms with Gasteiger partial charge in [-0.3, -0.25) is 9.59 Å². The van der Waals surface area contributed by atoms with Crippen molar-refractivity contribution in [1.82, 2.24) is 0 Å². The third-order valence-corrected chi connectivity index (χ3v) is 3.67. The lowest BCUT2D eigenvalue weighted by atomic mass is 10.1. The molecule has 6 heteroatoms. The summed E-state index contributed by atoms with van der Waals surface area (Å²) in [6.45, 7) is 3.09. The lowest BCUT2D eigenvalue weighted by Gasteiger charge is -2.16. The molecule has 0 heterocycles. The van der Waals surface area contributed by atoms with Gasteiger partial charge in [-0.1, -0.05) is 23.2 Å². The quantitative estimate of drug-likeness (QED) is 0.800. The van der Waals surface area contributed by atoms with Crippen LogP contribution in [-0.2, 0) is 4.79 Å². The van der Waals surface area contributed by atoms with Crippen LogP contribution >= 0.6 is 23.2 Å². The van der Waals surface area contributed by atoms with E-state index in [1.807, 2.05) is 0 Å². The van der Waals surface area contributed by atoms with E-state index in [4.69, 9.17) is 27.9 Å². The summed E-state index contributed by atoms with van der Waals surface area (Å²) in [6, 6.07) is 11.4. The topological polar surface area (TPSA) is 55.4 Å². The molecule has 0 aliphatic heterocycles. The first-order chi connectivity index (χ1) is 10.9. The van der Waals surface area contributed by atoms with E-state index in [2.05, 4.69) is 5.32 Å². The molecule has 4 nitrogen and oxygen atoms in total. The Bertz CT molecular complexity index is 729. The van der Waals surface area contributed by atoms with Gasteiger partial charge in [0.15, 0.2) is 11.9 Å². The van der Waals surface area contributed by atoms with Gasteiger partial charge in [0.25, 0.3) is 5.91 Å². The van der Waals surface area contributed by atoms with E-state index in [0.29, 0.717) is 27.0 Å². The molecular formula is C17H15Cl2NO3. The minimum atomic E-state index is -0.765. The van der Waals surface area contributed by atoms with Crippen LogP contribution in [0.15, 0.2) is 42.5 Å². The van der Waals surface area contributed by atoms with Crippen molar-refractivity contribution in [3.8, 4) is 5.75 Å². The predicted octanol–water partition coefficient (Wildman–Crippen LogP) is 4.60. The Morgan fingerprint density at radius 3 is 2.35 bits per heavy atom. The van der Waals surface area contributed by atoms with Crippen molar-refractivity contribution in [3.05, 3.63) is 58.1 Å². The second kappa shape index (κ2) is 7.49. The van der Waals surface area contributed by atoms with Crippen molar-refractivity contribution >= 4 is 40.6 Å². The normalized spacial score (nSPS) is 11.7. The van der Waals surface area contributed by atoms with Crippen molar-refractivity contribution in [3.63, 3.8) is 0 Å². The van der Waals surface area contributed by atoms with Gasteiger partial charge in [-0.05, 0) is 50.2 Å². The molecule has 0 radical (unpaired) electrons. The molecule has 0 unspecified atom stereocenters. The zero-order valence-electron chi connectivity index (χ0n) is 12.6. The summed E-state index contributed by atoms with van der Waals surface area (Å²) in [7, 11) is 0. The number of hydrogen-bond acceptors (Lipinski definition) is 3. The number of amides is 1. The smallest absolute Gasteiger partial charge is 0.265 e. The van der Waals surface area contributed by atoms with Crippen LogP contribution in [0.2, 0.25) is 10.0 Å². The molecule has 120 valence electrons. The third-order valence-electron chi connectivity index (χ3n) is 3.13. The van der Waals surface area contributed by atoms with Crippen molar-refractivity contribution in [2.75, 3.05) is 5.32 Å². The molecule has 0 bridgehead atoms. The van der Waals surface area contributed by atoms with E-state index >= 15 is 0 Å². The maximum atomic E-state index is 12.2. The molecule has 0 aliphatic rings. The number of rotatable bonds is 5. The number of Topliss-reactive ketones (excluding diaryl/α,β-unsaturated/α-hetero) is 1. The van der Waals surface area contributed by atoms with Gasteiger partial charge in [-0.2, -0.15) is 0 Å². The van der Waals surface area contributed by atoms with E-state index in [0.717, 1.165) is 0 Å². The first kappa shape index (κ1) is 17.3. The molecule has 0 fully saturated rings. The van der Waals surface area contributed by atoms with Crippen LogP contribution in [0.1, 0.15) is 24.2 Å². The molecule has 2 aromatic rings. The van der Waals surface area contributed by atoms with E-state index < -0.39 is 6.10 Å². The van der Waals surface area contributed by atoms with Crippen LogP contribution in [0.25, 0.3) is 0 Å². The van der Waals surface area contributed by atoms with E-state index in [1.54, 1.807) is 49.4 Å². The predicted molar refractivity (Wildman–Crippen MR) is 91.6 cm³/mol. The Labute approximate surface area is 144 Å². The molecular weight excluding hydrogens is 337 g/mol. The number of hydrogen-bond donors (Lipinski definition) is 1. The van der Waals surface area contributed by atoms with Crippen LogP contribution in [0.5, 0.6) is 5.75 Å². The second-order valence-corrected chi connectivity index (χ2v) is 5.80. The first-order valence-corrected chi connectivity index (χ1v) is 7.66. The number of carbonyl (C=O) groups is 2. The minimum absolute atomic E-state index is 0.0322. The summed E-state index contributed by atoms with van der Waals surface area (Å²) in [5.41, 5.74) is 1.16. The number of ether oxygens (including phenoxy) is 1. The molecule has 23 heavy (non-hydrogen) atoms.